The standard InChI is InChI=1S/C16H24N4O2/c1-2-14-11-15(18-12-17-14)19-5-3-13(4-6-19)16(21)20-7-9-22-10-8-20/h11-13H,2-10H2,1H3. The van der Waals surface area contributed by atoms with Gasteiger partial charge in [0.2, 0.25) is 5.91 Å². The first-order valence-electron chi connectivity index (χ1n) is 8.20. The summed E-state index contributed by atoms with van der Waals surface area (Å²) in [7, 11) is 0. The first-order chi connectivity index (χ1) is 10.8. The molecule has 22 heavy (non-hydrogen) atoms. The second kappa shape index (κ2) is 7.05. The van der Waals surface area contributed by atoms with Gasteiger partial charge in [-0.25, -0.2) is 9.97 Å². The number of anilines is 1. The van der Waals surface area contributed by atoms with Crippen molar-refractivity contribution in [2.24, 2.45) is 5.92 Å². The number of amides is 1. The van der Waals surface area contributed by atoms with Gasteiger partial charge in [0.15, 0.2) is 0 Å². The van der Waals surface area contributed by atoms with E-state index in [9.17, 15) is 4.79 Å². The van der Waals surface area contributed by atoms with Crippen LogP contribution in [0.4, 0.5) is 5.82 Å². The van der Waals surface area contributed by atoms with E-state index in [0.29, 0.717) is 19.1 Å². The molecule has 6 heteroatoms. The molecule has 0 spiro atoms. The van der Waals surface area contributed by atoms with Crippen LogP contribution in [0.15, 0.2) is 12.4 Å². The van der Waals surface area contributed by atoms with Crippen molar-refractivity contribution in [3.05, 3.63) is 18.1 Å². The summed E-state index contributed by atoms with van der Waals surface area (Å²) >= 11 is 0. The molecule has 0 N–H and O–H groups in total. The number of aryl methyl sites for hydroxylation is 1. The fourth-order valence-electron chi connectivity index (χ4n) is 3.15. The number of carbonyl (C=O) groups excluding carboxylic acids is 1. The molecule has 2 aliphatic rings. The molecule has 0 unspecified atom stereocenters. The van der Waals surface area contributed by atoms with Crippen LogP contribution in [0.5, 0.6) is 0 Å². The minimum absolute atomic E-state index is 0.154. The number of carbonyl (C=O) groups is 1. The molecular weight excluding hydrogens is 280 g/mol. The predicted octanol–water partition coefficient (Wildman–Crippen LogP) is 1.11. The average molecular weight is 304 g/mol. The van der Waals surface area contributed by atoms with Gasteiger partial charge in [-0.05, 0) is 19.3 Å². The Kier molecular flexibility index (Phi) is 4.87. The number of hydrogen-bond acceptors (Lipinski definition) is 5. The molecule has 2 aliphatic heterocycles. The minimum Gasteiger partial charge on any atom is -0.378 e. The third kappa shape index (κ3) is 3.38. The minimum atomic E-state index is 0.154. The van der Waals surface area contributed by atoms with Gasteiger partial charge in [-0.1, -0.05) is 6.92 Å². The third-order valence-electron chi connectivity index (χ3n) is 4.56. The summed E-state index contributed by atoms with van der Waals surface area (Å²) < 4.78 is 5.32. The summed E-state index contributed by atoms with van der Waals surface area (Å²) in [6, 6.07) is 2.06. The van der Waals surface area contributed by atoms with Crippen molar-refractivity contribution in [2.45, 2.75) is 26.2 Å². The molecule has 0 aromatic carbocycles. The van der Waals surface area contributed by atoms with Gasteiger partial charge < -0.3 is 14.5 Å². The van der Waals surface area contributed by atoms with Gasteiger partial charge in [0.1, 0.15) is 12.1 Å². The summed E-state index contributed by atoms with van der Waals surface area (Å²) in [6.45, 7) is 6.70. The van der Waals surface area contributed by atoms with E-state index in [1.54, 1.807) is 6.33 Å². The van der Waals surface area contributed by atoms with E-state index >= 15 is 0 Å². The quantitative estimate of drug-likeness (QED) is 0.837. The first-order valence-corrected chi connectivity index (χ1v) is 8.20. The molecule has 0 bridgehead atoms. The molecule has 0 atom stereocenters. The van der Waals surface area contributed by atoms with Gasteiger partial charge in [0.05, 0.1) is 13.2 Å². The Morgan fingerprint density at radius 3 is 2.64 bits per heavy atom. The number of hydrogen-bond donors (Lipinski definition) is 0. The molecule has 1 aromatic heterocycles. The van der Waals surface area contributed by atoms with Gasteiger partial charge in [-0.15, -0.1) is 0 Å². The van der Waals surface area contributed by atoms with Gasteiger partial charge in [-0.3, -0.25) is 4.79 Å². The van der Waals surface area contributed by atoms with Crippen LogP contribution in [-0.2, 0) is 16.0 Å². The zero-order valence-corrected chi connectivity index (χ0v) is 13.2. The highest BCUT2D eigenvalue weighted by atomic mass is 16.5. The van der Waals surface area contributed by atoms with Crippen molar-refractivity contribution >= 4 is 11.7 Å². The Hall–Kier alpha value is -1.69. The van der Waals surface area contributed by atoms with Crippen molar-refractivity contribution < 1.29 is 9.53 Å². The SMILES string of the molecule is CCc1cc(N2CCC(C(=O)N3CCOCC3)CC2)ncn1. The van der Waals surface area contributed by atoms with Crippen LogP contribution in [0, 0.1) is 5.92 Å². The van der Waals surface area contributed by atoms with Crippen molar-refractivity contribution in [2.75, 3.05) is 44.3 Å². The Morgan fingerprint density at radius 2 is 1.95 bits per heavy atom. The normalized spacial score (nSPS) is 20.2. The second-order valence-electron chi connectivity index (χ2n) is 5.92. The zero-order chi connectivity index (χ0) is 15.4. The van der Waals surface area contributed by atoms with Crippen LogP contribution in [-0.4, -0.2) is 60.2 Å². The molecule has 3 heterocycles. The number of piperidine rings is 1. The number of ether oxygens (including phenoxy) is 1. The highest BCUT2D eigenvalue weighted by molar-refractivity contribution is 5.79. The molecule has 1 amide bonds. The molecule has 0 aliphatic carbocycles. The summed E-state index contributed by atoms with van der Waals surface area (Å²) in [5, 5.41) is 0. The molecule has 0 radical (unpaired) electrons. The van der Waals surface area contributed by atoms with Crippen LogP contribution < -0.4 is 4.90 Å². The summed E-state index contributed by atoms with van der Waals surface area (Å²) in [5.41, 5.74) is 1.07. The smallest absolute Gasteiger partial charge is 0.225 e. The highest BCUT2D eigenvalue weighted by Gasteiger charge is 2.29. The monoisotopic (exact) mass is 304 g/mol. The van der Waals surface area contributed by atoms with Gasteiger partial charge in [-0.2, -0.15) is 0 Å². The summed E-state index contributed by atoms with van der Waals surface area (Å²) in [5.74, 6) is 1.45. The van der Waals surface area contributed by atoms with E-state index < -0.39 is 0 Å². The highest BCUT2D eigenvalue weighted by Crippen LogP contribution is 2.24. The number of morpholine rings is 1. The van der Waals surface area contributed by atoms with E-state index in [1.165, 1.54) is 0 Å². The Balaban J connectivity index is 1.56. The lowest BCUT2D eigenvalue weighted by Gasteiger charge is -2.36. The van der Waals surface area contributed by atoms with E-state index in [2.05, 4.69) is 27.9 Å². The average Bonchev–Trinajstić information content (AvgIpc) is 2.62. The fraction of sp³-hybridized carbons (Fsp3) is 0.688. The maximum Gasteiger partial charge on any atom is 0.225 e. The van der Waals surface area contributed by atoms with E-state index in [4.69, 9.17) is 4.74 Å². The van der Waals surface area contributed by atoms with E-state index in [0.717, 1.165) is 57.0 Å². The molecule has 6 nitrogen and oxygen atoms in total. The molecule has 3 rings (SSSR count). The number of rotatable bonds is 3. The van der Waals surface area contributed by atoms with Gasteiger partial charge in [0.25, 0.3) is 0 Å². The lowest BCUT2D eigenvalue weighted by Crippen LogP contribution is -2.46. The third-order valence-corrected chi connectivity index (χ3v) is 4.56. The van der Waals surface area contributed by atoms with Crippen LogP contribution in [0.25, 0.3) is 0 Å². The molecule has 0 saturated carbocycles. The maximum absolute atomic E-state index is 12.5. The van der Waals surface area contributed by atoms with Crippen molar-refractivity contribution in [3.63, 3.8) is 0 Å². The molecule has 2 saturated heterocycles. The zero-order valence-electron chi connectivity index (χ0n) is 13.2. The van der Waals surface area contributed by atoms with Crippen molar-refractivity contribution in [1.82, 2.24) is 14.9 Å². The van der Waals surface area contributed by atoms with Gasteiger partial charge in [0, 0.05) is 43.9 Å². The number of nitrogens with zero attached hydrogens (tertiary/aromatic N) is 4. The van der Waals surface area contributed by atoms with E-state index in [1.807, 2.05) is 4.90 Å². The molecule has 120 valence electrons. The van der Waals surface area contributed by atoms with Crippen LogP contribution >= 0.6 is 0 Å². The maximum atomic E-state index is 12.5. The number of aromatic nitrogens is 2. The topological polar surface area (TPSA) is 58.6 Å². The van der Waals surface area contributed by atoms with Crippen molar-refractivity contribution in [1.29, 1.82) is 0 Å². The van der Waals surface area contributed by atoms with Crippen molar-refractivity contribution in [3.8, 4) is 0 Å². The van der Waals surface area contributed by atoms with Gasteiger partial charge >= 0.3 is 0 Å². The van der Waals surface area contributed by atoms with Crippen LogP contribution in [0.1, 0.15) is 25.5 Å². The fourth-order valence-corrected chi connectivity index (χ4v) is 3.15. The Morgan fingerprint density at radius 1 is 1.23 bits per heavy atom. The molecule has 1 aromatic rings. The van der Waals surface area contributed by atoms with Crippen LogP contribution in [0.3, 0.4) is 0 Å². The predicted molar refractivity (Wildman–Crippen MR) is 83.7 cm³/mol. The van der Waals surface area contributed by atoms with E-state index in [-0.39, 0.29) is 5.92 Å². The Labute approximate surface area is 131 Å². The first kappa shape index (κ1) is 15.2. The largest absolute Gasteiger partial charge is 0.378 e. The lowest BCUT2D eigenvalue weighted by molar-refractivity contribution is -0.140. The second-order valence-corrected chi connectivity index (χ2v) is 5.92. The van der Waals surface area contributed by atoms with Crippen LogP contribution in [0.2, 0.25) is 0 Å². The Bertz CT molecular complexity index is 509. The lowest BCUT2D eigenvalue weighted by atomic mass is 9.95. The molecular formula is C16H24N4O2. The summed E-state index contributed by atoms with van der Waals surface area (Å²) in [4.78, 5) is 25.4. The summed E-state index contributed by atoms with van der Waals surface area (Å²) in [6.07, 6.45) is 4.37. The molecule has 2 fully saturated rings.